The first-order valence-corrected chi connectivity index (χ1v) is 8.40. The second kappa shape index (κ2) is 5.79. The van der Waals surface area contributed by atoms with Gasteiger partial charge >= 0.3 is 0 Å². The highest BCUT2D eigenvalue weighted by molar-refractivity contribution is 5.56. The van der Waals surface area contributed by atoms with Crippen LogP contribution in [0.25, 0.3) is 0 Å². The number of benzene rings is 1. The molecule has 0 radical (unpaired) electrons. The first-order valence-electron chi connectivity index (χ1n) is 8.40. The second-order valence-corrected chi connectivity index (χ2v) is 6.57. The average Bonchev–Trinajstić information content (AvgIpc) is 2.98. The maximum absolute atomic E-state index is 5.40. The third-order valence-corrected chi connectivity index (χ3v) is 5.16. The molecule has 0 fully saturated rings. The standard InChI is InChI=1S/C19H26N2O/c1-5-21(6-2)17-13-22-20-18(17)19(4)11-7-8-15-12-14(3)9-10-16(15)19/h9-10,12-13H,5-8,11H2,1-4H3. The van der Waals surface area contributed by atoms with Crippen molar-refractivity contribution in [3.63, 3.8) is 0 Å². The van der Waals surface area contributed by atoms with Gasteiger partial charge in [0.15, 0.2) is 0 Å². The van der Waals surface area contributed by atoms with Gasteiger partial charge in [-0.05, 0) is 58.1 Å². The van der Waals surface area contributed by atoms with Crippen molar-refractivity contribution in [3.8, 4) is 0 Å². The molecule has 1 aromatic carbocycles. The van der Waals surface area contributed by atoms with E-state index in [1.165, 1.54) is 29.5 Å². The van der Waals surface area contributed by atoms with Crippen LogP contribution in [0, 0.1) is 6.92 Å². The number of nitrogens with zero attached hydrogens (tertiary/aromatic N) is 2. The fourth-order valence-corrected chi connectivity index (χ4v) is 3.88. The summed E-state index contributed by atoms with van der Waals surface area (Å²) in [7, 11) is 0. The van der Waals surface area contributed by atoms with Crippen molar-refractivity contribution in [2.45, 2.75) is 52.4 Å². The van der Waals surface area contributed by atoms with Gasteiger partial charge in [0.05, 0.1) is 0 Å². The fraction of sp³-hybridized carbons (Fsp3) is 0.526. The van der Waals surface area contributed by atoms with Crippen LogP contribution in [0.1, 0.15) is 56.0 Å². The average molecular weight is 298 g/mol. The smallest absolute Gasteiger partial charge is 0.147 e. The molecule has 1 aromatic heterocycles. The van der Waals surface area contributed by atoms with Crippen LogP contribution in [0.5, 0.6) is 0 Å². The minimum atomic E-state index is -0.0494. The Morgan fingerprint density at radius 1 is 1.27 bits per heavy atom. The molecule has 1 unspecified atom stereocenters. The molecule has 0 N–H and O–H groups in total. The molecule has 0 saturated carbocycles. The molecule has 0 bridgehead atoms. The SMILES string of the molecule is CCN(CC)c1conc1C1(C)CCCc2cc(C)ccc21. The van der Waals surface area contributed by atoms with E-state index >= 15 is 0 Å². The lowest BCUT2D eigenvalue weighted by Gasteiger charge is -2.36. The molecule has 3 heteroatoms. The van der Waals surface area contributed by atoms with E-state index < -0.39 is 0 Å². The van der Waals surface area contributed by atoms with Crippen molar-refractivity contribution in [1.82, 2.24) is 5.16 Å². The first-order chi connectivity index (χ1) is 10.6. The van der Waals surface area contributed by atoms with Gasteiger partial charge in [-0.1, -0.05) is 28.9 Å². The van der Waals surface area contributed by atoms with Crippen LogP contribution in [0.2, 0.25) is 0 Å². The number of fused-ring (bicyclic) bond motifs is 1. The van der Waals surface area contributed by atoms with Crippen molar-refractivity contribution < 1.29 is 4.52 Å². The summed E-state index contributed by atoms with van der Waals surface area (Å²) >= 11 is 0. The Morgan fingerprint density at radius 2 is 2.05 bits per heavy atom. The highest BCUT2D eigenvalue weighted by Gasteiger charge is 2.38. The van der Waals surface area contributed by atoms with Crippen LogP contribution in [0.4, 0.5) is 5.69 Å². The number of hydrogen-bond donors (Lipinski definition) is 0. The summed E-state index contributed by atoms with van der Waals surface area (Å²) in [4.78, 5) is 2.33. The molecule has 1 aliphatic rings. The van der Waals surface area contributed by atoms with Gasteiger partial charge in [-0.3, -0.25) is 0 Å². The molecule has 1 heterocycles. The Hall–Kier alpha value is -1.77. The minimum Gasteiger partial charge on any atom is -0.368 e. The fourth-order valence-electron chi connectivity index (χ4n) is 3.88. The zero-order valence-corrected chi connectivity index (χ0v) is 14.1. The largest absolute Gasteiger partial charge is 0.368 e. The number of aromatic nitrogens is 1. The lowest BCUT2D eigenvalue weighted by atomic mass is 9.68. The summed E-state index contributed by atoms with van der Waals surface area (Å²) < 4.78 is 5.40. The summed E-state index contributed by atoms with van der Waals surface area (Å²) in [5.41, 5.74) is 6.44. The van der Waals surface area contributed by atoms with Gasteiger partial charge in [-0.25, -0.2) is 0 Å². The normalized spacial score (nSPS) is 20.7. The lowest BCUT2D eigenvalue weighted by Crippen LogP contribution is -2.32. The Kier molecular flexibility index (Phi) is 3.98. The number of anilines is 1. The summed E-state index contributed by atoms with van der Waals surface area (Å²) in [6, 6.07) is 6.86. The maximum atomic E-state index is 5.40. The Balaban J connectivity index is 2.12. The van der Waals surface area contributed by atoms with Gasteiger partial charge in [0.25, 0.3) is 0 Å². The topological polar surface area (TPSA) is 29.3 Å². The summed E-state index contributed by atoms with van der Waals surface area (Å²) in [6.07, 6.45) is 5.32. The predicted octanol–water partition coefficient (Wildman–Crippen LogP) is 4.47. The van der Waals surface area contributed by atoms with Crippen LogP contribution in [0.15, 0.2) is 29.0 Å². The first kappa shape index (κ1) is 15.1. The molecule has 22 heavy (non-hydrogen) atoms. The molecule has 1 aliphatic carbocycles. The number of aryl methyl sites for hydroxylation is 2. The number of rotatable bonds is 4. The van der Waals surface area contributed by atoms with Crippen LogP contribution in [-0.4, -0.2) is 18.2 Å². The Bertz CT molecular complexity index is 657. The molecule has 118 valence electrons. The molecule has 3 rings (SSSR count). The van der Waals surface area contributed by atoms with E-state index in [0.29, 0.717) is 0 Å². The molecule has 1 atom stereocenters. The van der Waals surface area contributed by atoms with Gasteiger partial charge in [-0.2, -0.15) is 0 Å². The lowest BCUT2D eigenvalue weighted by molar-refractivity contribution is 0.376. The van der Waals surface area contributed by atoms with E-state index in [1.807, 2.05) is 6.26 Å². The van der Waals surface area contributed by atoms with Crippen LogP contribution in [0.3, 0.4) is 0 Å². The highest BCUT2D eigenvalue weighted by Crippen LogP contribution is 2.45. The molecule has 0 saturated heterocycles. The third-order valence-electron chi connectivity index (χ3n) is 5.16. The zero-order valence-electron chi connectivity index (χ0n) is 14.1. The summed E-state index contributed by atoms with van der Waals surface area (Å²) in [6.45, 7) is 10.8. The highest BCUT2D eigenvalue weighted by atomic mass is 16.5. The van der Waals surface area contributed by atoms with E-state index in [2.05, 4.69) is 56.0 Å². The molecule has 0 aliphatic heterocycles. The molecule has 0 spiro atoms. The monoisotopic (exact) mass is 298 g/mol. The minimum absolute atomic E-state index is 0.0494. The summed E-state index contributed by atoms with van der Waals surface area (Å²) in [5, 5.41) is 4.43. The van der Waals surface area contributed by atoms with E-state index in [0.717, 1.165) is 30.9 Å². The third kappa shape index (κ3) is 2.33. The van der Waals surface area contributed by atoms with E-state index in [4.69, 9.17) is 4.52 Å². The van der Waals surface area contributed by atoms with Crippen LogP contribution >= 0.6 is 0 Å². The van der Waals surface area contributed by atoms with Gasteiger partial charge < -0.3 is 9.42 Å². The molecular formula is C19H26N2O. The van der Waals surface area contributed by atoms with Gasteiger partial charge in [0, 0.05) is 18.5 Å². The zero-order chi connectivity index (χ0) is 15.7. The Labute approximate surface area is 133 Å². The van der Waals surface area contributed by atoms with E-state index in [1.54, 1.807) is 0 Å². The Morgan fingerprint density at radius 3 is 2.77 bits per heavy atom. The molecular weight excluding hydrogens is 272 g/mol. The second-order valence-electron chi connectivity index (χ2n) is 6.57. The van der Waals surface area contributed by atoms with Gasteiger partial charge in [0.2, 0.25) is 0 Å². The molecule has 0 amide bonds. The van der Waals surface area contributed by atoms with E-state index in [9.17, 15) is 0 Å². The van der Waals surface area contributed by atoms with Gasteiger partial charge in [0.1, 0.15) is 17.6 Å². The predicted molar refractivity (Wildman–Crippen MR) is 90.6 cm³/mol. The van der Waals surface area contributed by atoms with Crippen LogP contribution < -0.4 is 4.90 Å². The van der Waals surface area contributed by atoms with Crippen molar-refractivity contribution in [1.29, 1.82) is 0 Å². The molecule has 2 aromatic rings. The van der Waals surface area contributed by atoms with Gasteiger partial charge in [-0.15, -0.1) is 0 Å². The molecule has 3 nitrogen and oxygen atoms in total. The quantitative estimate of drug-likeness (QED) is 0.834. The van der Waals surface area contributed by atoms with Crippen molar-refractivity contribution in [3.05, 3.63) is 46.8 Å². The number of hydrogen-bond acceptors (Lipinski definition) is 3. The summed E-state index contributed by atoms with van der Waals surface area (Å²) in [5.74, 6) is 0. The maximum Gasteiger partial charge on any atom is 0.147 e. The van der Waals surface area contributed by atoms with Crippen LogP contribution in [-0.2, 0) is 11.8 Å². The van der Waals surface area contributed by atoms with Crippen molar-refractivity contribution >= 4 is 5.69 Å². The van der Waals surface area contributed by atoms with Crippen molar-refractivity contribution in [2.24, 2.45) is 0 Å². The van der Waals surface area contributed by atoms with Crippen molar-refractivity contribution in [2.75, 3.05) is 18.0 Å². The van der Waals surface area contributed by atoms with E-state index in [-0.39, 0.29) is 5.41 Å².